The van der Waals surface area contributed by atoms with Crippen LogP contribution in [0.3, 0.4) is 0 Å². The Hall–Kier alpha value is -1.37. The Morgan fingerprint density at radius 1 is 1.39 bits per heavy atom. The van der Waals surface area contributed by atoms with E-state index in [2.05, 4.69) is 23.5 Å². The number of hydrogen-bond donors (Lipinski definition) is 1. The number of nitrogens with one attached hydrogen (secondary N) is 1. The molecule has 0 saturated carbocycles. The fourth-order valence-corrected chi connectivity index (χ4v) is 3.67. The highest BCUT2D eigenvalue weighted by molar-refractivity contribution is 7.19. The van der Waals surface area contributed by atoms with Gasteiger partial charge in [0.2, 0.25) is 0 Å². The van der Waals surface area contributed by atoms with Crippen molar-refractivity contribution >= 4 is 21.4 Å². The average molecular weight is 256 g/mol. The molecule has 1 aliphatic heterocycles. The molecule has 18 heavy (non-hydrogen) atoms. The van der Waals surface area contributed by atoms with Crippen LogP contribution in [-0.4, -0.2) is 12.6 Å². The van der Waals surface area contributed by atoms with Crippen molar-refractivity contribution in [3.05, 3.63) is 34.7 Å². The van der Waals surface area contributed by atoms with Crippen molar-refractivity contribution in [1.29, 1.82) is 5.26 Å². The Morgan fingerprint density at radius 2 is 2.33 bits per heavy atom. The Morgan fingerprint density at radius 3 is 3.11 bits per heavy atom. The van der Waals surface area contributed by atoms with Crippen LogP contribution in [0.5, 0.6) is 0 Å². The molecule has 1 aliphatic rings. The molecule has 3 heteroatoms. The highest BCUT2D eigenvalue weighted by Crippen LogP contribution is 2.28. The van der Waals surface area contributed by atoms with E-state index in [4.69, 9.17) is 5.26 Å². The summed E-state index contributed by atoms with van der Waals surface area (Å²) in [7, 11) is 0. The van der Waals surface area contributed by atoms with Crippen molar-refractivity contribution in [3.63, 3.8) is 0 Å². The second-order valence-corrected chi connectivity index (χ2v) is 6.08. The van der Waals surface area contributed by atoms with Gasteiger partial charge in [-0.15, -0.1) is 11.3 Å². The number of nitriles is 1. The summed E-state index contributed by atoms with van der Waals surface area (Å²) in [4.78, 5) is 1.44. The molecule has 1 aromatic heterocycles. The molecule has 1 N–H and O–H groups in total. The Balaban J connectivity index is 1.74. The van der Waals surface area contributed by atoms with Gasteiger partial charge < -0.3 is 5.32 Å². The van der Waals surface area contributed by atoms with Crippen molar-refractivity contribution in [2.75, 3.05) is 6.54 Å². The lowest BCUT2D eigenvalue weighted by molar-refractivity contribution is 0.561. The molecular formula is C15H16N2S. The standard InChI is InChI=1S/C15H16N2S/c16-10-11-3-6-15-12(8-11)9-14(18-15)5-4-13-2-1-7-17-13/h3,6,8-9,13,17H,1-2,4-5,7H2. The van der Waals surface area contributed by atoms with Crippen molar-refractivity contribution < 1.29 is 0 Å². The van der Waals surface area contributed by atoms with Crippen LogP contribution in [0.25, 0.3) is 10.1 Å². The van der Waals surface area contributed by atoms with Gasteiger partial charge in [-0.05, 0) is 61.9 Å². The third kappa shape index (κ3) is 2.40. The van der Waals surface area contributed by atoms with Crippen LogP contribution in [0.1, 0.15) is 29.7 Å². The van der Waals surface area contributed by atoms with E-state index in [0.717, 1.165) is 12.0 Å². The van der Waals surface area contributed by atoms with E-state index in [1.54, 1.807) is 0 Å². The average Bonchev–Trinajstić information content (AvgIpc) is 3.04. The molecule has 2 heterocycles. The quantitative estimate of drug-likeness (QED) is 0.913. The molecule has 0 aliphatic carbocycles. The monoisotopic (exact) mass is 256 g/mol. The number of thiophene rings is 1. The first-order valence-electron chi connectivity index (χ1n) is 6.51. The number of nitrogens with zero attached hydrogens (tertiary/aromatic N) is 1. The number of rotatable bonds is 3. The van der Waals surface area contributed by atoms with Gasteiger partial charge in [0, 0.05) is 15.6 Å². The summed E-state index contributed by atoms with van der Waals surface area (Å²) < 4.78 is 1.29. The summed E-state index contributed by atoms with van der Waals surface area (Å²) in [5.74, 6) is 0. The molecule has 0 spiro atoms. The fourth-order valence-electron chi connectivity index (χ4n) is 2.61. The van der Waals surface area contributed by atoms with E-state index in [0.29, 0.717) is 6.04 Å². The first kappa shape index (κ1) is 11.7. The summed E-state index contributed by atoms with van der Waals surface area (Å²) >= 11 is 1.86. The van der Waals surface area contributed by atoms with Gasteiger partial charge >= 0.3 is 0 Å². The highest BCUT2D eigenvalue weighted by Gasteiger charge is 2.14. The van der Waals surface area contributed by atoms with Gasteiger partial charge in [-0.2, -0.15) is 5.26 Å². The van der Waals surface area contributed by atoms with E-state index in [-0.39, 0.29) is 0 Å². The largest absolute Gasteiger partial charge is 0.314 e. The Labute approximate surface area is 111 Å². The van der Waals surface area contributed by atoms with Crippen molar-refractivity contribution in [3.8, 4) is 6.07 Å². The van der Waals surface area contributed by atoms with E-state index >= 15 is 0 Å². The van der Waals surface area contributed by atoms with Crippen LogP contribution in [0, 0.1) is 11.3 Å². The predicted octanol–water partition coefficient (Wildman–Crippen LogP) is 3.46. The van der Waals surface area contributed by atoms with E-state index < -0.39 is 0 Å². The molecule has 1 atom stereocenters. The minimum absolute atomic E-state index is 0.713. The van der Waals surface area contributed by atoms with Crippen molar-refractivity contribution in [1.82, 2.24) is 5.32 Å². The molecule has 1 aromatic carbocycles. The minimum atomic E-state index is 0.713. The first-order chi connectivity index (χ1) is 8.85. The zero-order valence-corrected chi connectivity index (χ0v) is 11.1. The third-order valence-electron chi connectivity index (χ3n) is 3.60. The molecule has 2 nitrogen and oxygen atoms in total. The van der Waals surface area contributed by atoms with E-state index in [1.165, 1.54) is 40.8 Å². The summed E-state index contributed by atoms with van der Waals surface area (Å²) in [5.41, 5.74) is 0.754. The molecule has 1 fully saturated rings. The number of hydrogen-bond acceptors (Lipinski definition) is 3. The van der Waals surface area contributed by atoms with Crippen molar-refractivity contribution in [2.45, 2.75) is 31.7 Å². The molecule has 0 radical (unpaired) electrons. The van der Waals surface area contributed by atoms with Gasteiger partial charge in [-0.25, -0.2) is 0 Å². The van der Waals surface area contributed by atoms with E-state index in [9.17, 15) is 0 Å². The minimum Gasteiger partial charge on any atom is -0.314 e. The maximum atomic E-state index is 8.90. The number of aryl methyl sites for hydroxylation is 1. The zero-order chi connectivity index (χ0) is 12.4. The van der Waals surface area contributed by atoms with Crippen LogP contribution >= 0.6 is 11.3 Å². The molecule has 1 unspecified atom stereocenters. The van der Waals surface area contributed by atoms with Gasteiger partial charge in [-0.3, -0.25) is 0 Å². The topological polar surface area (TPSA) is 35.8 Å². The third-order valence-corrected chi connectivity index (χ3v) is 4.77. The van der Waals surface area contributed by atoms with Crippen LogP contribution in [-0.2, 0) is 6.42 Å². The van der Waals surface area contributed by atoms with Crippen LogP contribution in [0.15, 0.2) is 24.3 Å². The predicted molar refractivity (Wildman–Crippen MR) is 75.9 cm³/mol. The number of fused-ring (bicyclic) bond motifs is 1. The van der Waals surface area contributed by atoms with Crippen LogP contribution < -0.4 is 5.32 Å². The smallest absolute Gasteiger partial charge is 0.0991 e. The molecule has 0 bridgehead atoms. The lowest BCUT2D eigenvalue weighted by Gasteiger charge is -2.07. The molecule has 92 valence electrons. The number of benzene rings is 1. The second kappa shape index (κ2) is 5.09. The maximum absolute atomic E-state index is 8.90. The SMILES string of the molecule is N#Cc1ccc2sc(CCC3CCCN3)cc2c1. The first-order valence-corrected chi connectivity index (χ1v) is 7.33. The van der Waals surface area contributed by atoms with E-state index in [1.807, 2.05) is 23.5 Å². The molecular weight excluding hydrogens is 240 g/mol. The molecule has 0 amide bonds. The summed E-state index contributed by atoms with van der Waals surface area (Å²) in [6, 6.07) is 11.1. The van der Waals surface area contributed by atoms with Gasteiger partial charge in [0.15, 0.2) is 0 Å². The second-order valence-electron chi connectivity index (χ2n) is 4.91. The maximum Gasteiger partial charge on any atom is 0.0991 e. The fraction of sp³-hybridized carbons (Fsp3) is 0.400. The summed E-state index contributed by atoms with van der Waals surface area (Å²) in [5, 5.41) is 13.7. The van der Waals surface area contributed by atoms with Crippen LogP contribution in [0.2, 0.25) is 0 Å². The molecule has 2 aromatic rings. The normalized spacial score (nSPS) is 19.2. The molecule has 3 rings (SSSR count). The van der Waals surface area contributed by atoms with Crippen LogP contribution in [0.4, 0.5) is 0 Å². The summed E-state index contributed by atoms with van der Waals surface area (Å²) in [6.07, 6.45) is 5.03. The highest BCUT2D eigenvalue weighted by atomic mass is 32.1. The van der Waals surface area contributed by atoms with Gasteiger partial charge in [0.1, 0.15) is 0 Å². The van der Waals surface area contributed by atoms with Gasteiger partial charge in [0.05, 0.1) is 11.6 Å². The Bertz CT molecular complexity index is 588. The Kier molecular flexibility index (Phi) is 3.31. The van der Waals surface area contributed by atoms with Crippen molar-refractivity contribution in [2.24, 2.45) is 0 Å². The lowest BCUT2D eigenvalue weighted by atomic mass is 10.1. The molecule has 1 saturated heterocycles. The van der Waals surface area contributed by atoms with Gasteiger partial charge in [-0.1, -0.05) is 0 Å². The van der Waals surface area contributed by atoms with Gasteiger partial charge in [0.25, 0.3) is 0 Å². The zero-order valence-electron chi connectivity index (χ0n) is 10.3. The lowest BCUT2D eigenvalue weighted by Crippen LogP contribution is -2.21. The summed E-state index contributed by atoms with van der Waals surface area (Å²) in [6.45, 7) is 1.18.